The quantitative estimate of drug-likeness (QED) is 0.379. The van der Waals surface area contributed by atoms with Crippen LogP contribution >= 0.6 is 0 Å². The molecule has 3 aliphatic rings. The average Bonchev–Trinajstić information content (AvgIpc) is 3.04. The van der Waals surface area contributed by atoms with Gasteiger partial charge in [-0.1, -0.05) is 76.8 Å². The van der Waals surface area contributed by atoms with E-state index in [-0.39, 0.29) is 0 Å². The molecule has 3 fully saturated rings. The lowest BCUT2D eigenvalue weighted by Crippen LogP contribution is -2.36. The van der Waals surface area contributed by atoms with Gasteiger partial charge in [0.15, 0.2) is 0 Å². The Kier molecular flexibility index (Phi) is 8.49. The molecule has 0 radical (unpaired) electrons. The molecule has 3 rings (SSSR count). The predicted octanol–water partition coefficient (Wildman–Crippen LogP) is 7.45. The summed E-state index contributed by atoms with van der Waals surface area (Å²) in [5.74, 6) is 3.06. The van der Waals surface area contributed by atoms with Crippen LogP contribution in [-0.4, -0.2) is 19.1 Å². The fourth-order valence-electron chi connectivity index (χ4n) is 6.90. The molecule has 0 saturated heterocycles. The lowest BCUT2D eigenvalue weighted by Gasteiger charge is -2.44. The first kappa shape index (κ1) is 25.7. The summed E-state index contributed by atoms with van der Waals surface area (Å²) in [5.41, 5.74) is 4.08. The summed E-state index contributed by atoms with van der Waals surface area (Å²) in [4.78, 5) is 0. The molecule has 0 amide bonds. The zero-order chi connectivity index (χ0) is 23.5. The van der Waals surface area contributed by atoms with Crippen LogP contribution in [0.3, 0.4) is 0 Å². The van der Waals surface area contributed by atoms with Crippen molar-refractivity contribution in [2.24, 2.45) is 29.1 Å². The summed E-state index contributed by atoms with van der Waals surface area (Å²) in [6.45, 7) is 13.9. The van der Waals surface area contributed by atoms with Crippen LogP contribution in [0.5, 0.6) is 0 Å². The monoisotopic (exact) mass is 464 g/mol. The van der Waals surface area contributed by atoms with E-state index in [4.69, 9.17) is 8.74 Å². The maximum absolute atomic E-state index is 11.1. The van der Waals surface area contributed by atoms with Crippen molar-refractivity contribution in [3.63, 3.8) is 0 Å². The lowest BCUT2D eigenvalue weighted by atomic mass is 9.60. The minimum absolute atomic E-state index is 0.403. The van der Waals surface area contributed by atoms with Crippen molar-refractivity contribution in [3.05, 3.63) is 35.5 Å². The van der Waals surface area contributed by atoms with Gasteiger partial charge in [-0.05, 0) is 79.6 Å². The summed E-state index contributed by atoms with van der Waals surface area (Å²) in [6.07, 6.45) is 16.1. The van der Waals surface area contributed by atoms with E-state index in [0.29, 0.717) is 30.6 Å². The Morgan fingerprint density at radius 3 is 2.59 bits per heavy atom. The molecular weight excluding hydrogens is 420 g/mol. The molecule has 5 heteroatoms. The minimum Gasteiger partial charge on any atom is -0.264 e. The molecule has 0 aromatic heterocycles. The van der Waals surface area contributed by atoms with Gasteiger partial charge in [-0.15, -0.1) is 0 Å². The molecule has 0 aliphatic heterocycles. The molecule has 1 unspecified atom stereocenters. The van der Waals surface area contributed by atoms with E-state index in [9.17, 15) is 8.42 Å². The van der Waals surface area contributed by atoms with Gasteiger partial charge in [0.1, 0.15) is 0 Å². The number of rotatable bonds is 8. The first-order valence-corrected chi connectivity index (χ1v) is 14.1. The molecule has 3 aliphatic carbocycles. The largest absolute Gasteiger partial charge is 0.397 e. The third kappa shape index (κ3) is 6.36. The van der Waals surface area contributed by atoms with Crippen LogP contribution in [0.15, 0.2) is 35.5 Å². The SMILES string of the molecule is C=C1CC[C@H](OS(=O)(=O)O)C/C1=C/C=C1CCC[C@@]2(C)C1CC[C@@H]2[C@H](C)CCCC(C)C. The maximum Gasteiger partial charge on any atom is 0.397 e. The van der Waals surface area contributed by atoms with Crippen molar-refractivity contribution in [2.75, 3.05) is 0 Å². The molecule has 1 N–H and O–H groups in total. The third-order valence-corrected chi connectivity index (χ3v) is 9.11. The highest BCUT2D eigenvalue weighted by Gasteiger charge is 2.50. The molecule has 3 saturated carbocycles. The second-order valence-corrected chi connectivity index (χ2v) is 12.4. The summed E-state index contributed by atoms with van der Waals surface area (Å²) < 4.78 is 36.1. The van der Waals surface area contributed by atoms with Crippen LogP contribution in [0.4, 0.5) is 0 Å². The predicted molar refractivity (Wildman–Crippen MR) is 132 cm³/mol. The van der Waals surface area contributed by atoms with Crippen molar-refractivity contribution in [1.82, 2.24) is 0 Å². The van der Waals surface area contributed by atoms with Crippen LogP contribution in [0, 0.1) is 29.1 Å². The highest BCUT2D eigenvalue weighted by atomic mass is 32.3. The molecule has 0 aromatic carbocycles. The number of hydrogen-bond acceptors (Lipinski definition) is 3. The van der Waals surface area contributed by atoms with Crippen molar-refractivity contribution in [2.45, 2.75) is 104 Å². The van der Waals surface area contributed by atoms with Crippen molar-refractivity contribution in [1.29, 1.82) is 0 Å². The van der Waals surface area contributed by atoms with Crippen LogP contribution in [0.2, 0.25) is 0 Å². The lowest BCUT2D eigenvalue weighted by molar-refractivity contribution is 0.0929. The first-order valence-electron chi connectivity index (χ1n) is 12.7. The van der Waals surface area contributed by atoms with Crippen LogP contribution in [0.25, 0.3) is 0 Å². The summed E-state index contributed by atoms with van der Waals surface area (Å²) in [7, 11) is -4.42. The smallest absolute Gasteiger partial charge is 0.264 e. The van der Waals surface area contributed by atoms with Crippen molar-refractivity contribution >= 4 is 10.4 Å². The Balaban J connectivity index is 1.70. The Labute approximate surface area is 196 Å². The Morgan fingerprint density at radius 2 is 1.91 bits per heavy atom. The zero-order valence-electron chi connectivity index (χ0n) is 20.6. The van der Waals surface area contributed by atoms with Crippen LogP contribution < -0.4 is 0 Å². The van der Waals surface area contributed by atoms with E-state index >= 15 is 0 Å². The molecule has 182 valence electrons. The van der Waals surface area contributed by atoms with Gasteiger partial charge in [-0.2, -0.15) is 8.42 Å². The second-order valence-electron chi connectivity index (χ2n) is 11.3. The third-order valence-electron chi connectivity index (χ3n) is 8.59. The second kappa shape index (κ2) is 10.6. The van der Waals surface area contributed by atoms with E-state index in [0.717, 1.165) is 35.3 Å². The van der Waals surface area contributed by atoms with Gasteiger partial charge in [0, 0.05) is 6.42 Å². The topological polar surface area (TPSA) is 63.6 Å². The van der Waals surface area contributed by atoms with E-state index in [1.165, 1.54) is 44.9 Å². The highest BCUT2D eigenvalue weighted by Crippen LogP contribution is 2.60. The Morgan fingerprint density at radius 1 is 1.16 bits per heavy atom. The molecule has 0 aromatic rings. The molecule has 0 bridgehead atoms. The Bertz CT molecular complexity index is 838. The minimum atomic E-state index is -4.42. The number of allylic oxidation sites excluding steroid dienone is 4. The van der Waals surface area contributed by atoms with Crippen LogP contribution in [0.1, 0.15) is 98.3 Å². The van der Waals surface area contributed by atoms with E-state index < -0.39 is 16.5 Å². The van der Waals surface area contributed by atoms with Gasteiger partial charge in [0.05, 0.1) is 6.10 Å². The van der Waals surface area contributed by atoms with Crippen molar-refractivity contribution in [3.8, 4) is 0 Å². The number of hydrogen-bond donors (Lipinski definition) is 1. The zero-order valence-corrected chi connectivity index (χ0v) is 21.4. The summed E-state index contributed by atoms with van der Waals surface area (Å²) >= 11 is 0. The highest BCUT2D eigenvalue weighted by molar-refractivity contribution is 7.80. The molecule has 5 atom stereocenters. The number of fused-ring (bicyclic) bond motifs is 1. The maximum atomic E-state index is 11.1. The van der Waals surface area contributed by atoms with Gasteiger partial charge in [0.2, 0.25) is 0 Å². The molecule has 32 heavy (non-hydrogen) atoms. The molecule has 0 spiro atoms. The van der Waals surface area contributed by atoms with Crippen LogP contribution in [-0.2, 0) is 14.6 Å². The van der Waals surface area contributed by atoms with Gasteiger partial charge in [-0.3, -0.25) is 4.55 Å². The van der Waals surface area contributed by atoms with E-state index in [1.54, 1.807) is 5.57 Å². The molecule has 4 nitrogen and oxygen atoms in total. The van der Waals surface area contributed by atoms with Gasteiger partial charge in [0.25, 0.3) is 0 Å². The fourth-order valence-corrected chi connectivity index (χ4v) is 7.41. The molecular formula is C27H44O4S. The Hall–Kier alpha value is -0.910. The van der Waals surface area contributed by atoms with E-state index in [2.05, 4.69) is 46.4 Å². The standard InChI is InChI=1S/C27H44O4S/c1-19(2)8-6-9-21(4)25-15-16-26-22(10-7-17-27(25,26)5)12-13-23-18-24(14-11-20(23)3)31-32(28,29)30/h12-13,19,21,24-26H,3,6-11,14-18H2,1-2,4-5H3,(H,28,29,30)/b22-12?,23-13-/t21-,24+,25-,26?,27-/m1/s1. The normalized spacial score (nSPS) is 34.9. The summed E-state index contributed by atoms with van der Waals surface area (Å²) in [6, 6.07) is 0. The molecule has 0 heterocycles. The van der Waals surface area contributed by atoms with Gasteiger partial charge in [-0.25, -0.2) is 4.18 Å². The average molecular weight is 465 g/mol. The fraction of sp³-hybridized carbons (Fsp3) is 0.778. The van der Waals surface area contributed by atoms with Gasteiger partial charge >= 0.3 is 10.4 Å². The van der Waals surface area contributed by atoms with Crippen molar-refractivity contribution < 1.29 is 17.2 Å². The summed E-state index contributed by atoms with van der Waals surface area (Å²) in [5, 5.41) is 0. The van der Waals surface area contributed by atoms with Gasteiger partial charge < -0.3 is 0 Å². The van der Waals surface area contributed by atoms with E-state index in [1.807, 2.05) is 0 Å². The first-order chi connectivity index (χ1) is 15.0.